The van der Waals surface area contributed by atoms with Crippen LogP contribution in [-0.2, 0) is 0 Å². The van der Waals surface area contributed by atoms with E-state index in [0.717, 1.165) is 24.5 Å². The number of halogens is 2. The summed E-state index contributed by atoms with van der Waals surface area (Å²) in [5.41, 5.74) is 2.00. The van der Waals surface area contributed by atoms with Crippen LogP contribution in [0.25, 0.3) is 22.2 Å². The topological polar surface area (TPSA) is 38.2 Å². The molecule has 1 fully saturated rings. The first-order chi connectivity index (χ1) is 11.7. The first kappa shape index (κ1) is 15.1. The first-order valence-corrected chi connectivity index (χ1v) is 8.08. The zero-order valence-corrected chi connectivity index (χ0v) is 13.8. The van der Waals surface area contributed by atoms with Crippen molar-refractivity contribution in [3.63, 3.8) is 0 Å². The van der Waals surface area contributed by atoms with Crippen LogP contribution in [0.5, 0.6) is 5.75 Å². The lowest BCUT2D eigenvalue weighted by atomic mass is 10.1. The second kappa shape index (κ2) is 5.91. The molecule has 4 nitrogen and oxygen atoms in total. The van der Waals surface area contributed by atoms with Crippen LogP contribution in [0.2, 0.25) is 5.02 Å². The lowest BCUT2D eigenvalue weighted by molar-refractivity contribution is 0.387. The van der Waals surface area contributed by atoms with Crippen LogP contribution in [0.4, 0.5) is 10.2 Å². The van der Waals surface area contributed by atoms with E-state index in [1.165, 1.54) is 19.6 Å². The predicted molar refractivity (Wildman–Crippen MR) is 93.3 cm³/mol. The zero-order chi connectivity index (χ0) is 16.7. The van der Waals surface area contributed by atoms with Gasteiger partial charge in [0.1, 0.15) is 5.82 Å². The molecule has 6 heteroatoms. The fraction of sp³-hybridized carbons (Fsp3) is 0.222. The summed E-state index contributed by atoms with van der Waals surface area (Å²) in [4.78, 5) is 11.2. The molecular formula is C18H15ClFN3O. The summed E-state index contributed by atoms with van der Waals surface area (Å²) in [6.45, 7) is 2.10. The fourth-order valence-electron chi connectivity index (χ4n) is 2.76. The highest BCUT2D eigenvalue weighted by molar-refractivity contribution is 6.35. The summed E-state index contributed by atoms with van der Waals surface area (Å²) in [5.74, 6) is 0.657. The van der Waals surface area contributed by atoms with Crippen molar-refractivity contribution in [1.82, 2.24) is 9.97 Å². The molecule has 0 bridgehead atoms. The zero-order valence-electron chi connectivity index (χ0n) is 13.1. The number of aromatic nitrogens is 2. The maximum Gasteiger partial charge on any atom is 0.167 e. The molecule has 0 spiro atoms. The van der Waals surface area contributed by atoms with Gasteiger partial charge in [-0.1, -0.05) is 11.6 Å². The number of hydrogen-bond acceptors (Lipinski definition) is 4. The normalized spacial score (nSPS) is 13.9. The Kier molecular flexibility index (Phi) is 3.73. The Balaban J connectivity index is 1.76. The van der Waals surface area contributed by atoms with Crippen molar-refractivity contribution in [1.29, 1.82) is 0 Å². The summed E-state index contributed by atoms with van der Waals surface area (Å²) in [6, 6.07) is 8.61. The number of nitrogens with zero attached hydrogens (tertiary/aromatic N) is 3. The van der Waals surface area contributed by atoms with Crippen LogP contribution < -0.4 is 9.64 Å². The third-order valence-electron chi connectivity index (χ3n) is 4.26. The quantitative estimate of drug-likeness (QED) is 0.710. The maximum absolute atomic E-state index is 13.9. The van der Waals surface area contributed by atoms with E-state index in [2.05, 4.69) is 14.9 Å². The molecule has 122 valence electrons. The molecule has 0 aliphatic carbocycles. The summed E-state index contributed by atoms with van der Waals surface area (Å²) in [6.07, 6.45) is 2.98. The van der Waals surface area contributed by atoms with Crippen LogP contribution in [0.3, 0.4) is 0 Å². The smallest absolute Gasteiger partial charge is 0.167 e. The van der Waals surface area contributed by atoms with E-state index >= 15 is 0 Å². The van der Waals surface area contributed by atoms with Gasteiger partial charge < -0.3 is 9.64 Å². The van der Waals surface area contributed by atoms with Crippen LogP contribution in [0.15, 0.2) is 36.5 Å². The van der Waals surface area contributed by atoms with Gasteiger partial charge in [0.05, 0.1) is 23.3 Å². The van der Waals surface area contributed by atoms with Gasteiger partial charge in [0.15, 0.2) is 11.6 Å². The Morgan fingerprint density at radius 1 is 1.21 bits per heavy atom. The highest BCUT2D eigenvalue weighted by Crippen LogP contribution is 2.32. The van der Waals surface area contributed by atoms with Crippen LogP contribution in [-0.4, -0.2) is 30.2 Å². The summed E-state index contributed by atoms with van der Waals surface area (Å²) in [5, 5.41) is 1.16. The van der Waals surface area contributed by atoms with E-state index in [1.54, 1.807) is 18.3 Å². The molecule has 0 amide bonds. The molecule has 2 aromatic heterocycles. The van der Waals surface area contributed by atoms with Crippen molar-refractivity contribution >= 4 is 28.3 Å². The summed E-state index contributed by atoms with van der Waals surface area (Å²) in [7, 11) is 1.42. The second-order valence-electron chi connectivity index (χ2n) is 5.74. The number of methoxy groups -OCH3 is 1. The van der Waals surface area contributed by atoms with Crippen molar-refractivity contribution in [3.05, 3.63) is 47.4 Å². The molecule has 1 aliphatic heterocycles. The van der Waals surface area contributed by atoms with Gasteiger partial charge in [0.25, 0.3) is 0 Å². The van der Waals surface area contributed by atoms with E-state index < -0.39 is 5.82 Å². The Bertz CT molecular complexity index is 910. The van der Waals surface area contributed by atoms with Gasteiger partial charge in [-0.05, 0) is 30.7 Å². The Hall–Kier alpha value is -2.40. The molecule has 0 saturated carbocycles. The lowest BCUT2D eigenvalue weighted by Crippen LogP contribution is -2.37. The summed E-state index contributed by atoms with van der Waals surface area (Å²) >= 11 is 6.36. The molecule has 1 aromatic carbocycles. The SMILES string of the molecule is COc1cc2c(Cl)cc(-c3ccc(N4CCC4)nc3)nc2cc1F. The van der Waals surface area contributed by atoms with Gasteiger partial charge in [0, 0.05) is 36.3 Å². The summed E-state index contributed by atoms with van der Waals surface area (Å²) < 4.78 is 18.9. The Morgan fingerprint density at radius 3 is 2.67 bits per heavy atom. The highest BCUT2D eigenvalue weighted by Gasteiger charge is 2.16. The van der Waals surface area contributed by atoms with Crippen molar-refractivity contribution in [2.45, 2.75) is 6.42 Å². The molecule has 1 aliphatic rings. The molecular weight excluding hydrogens is 329 g/mol. The van der Waals surface area contributed by atoms with Crippen molar-refractivity contribution in [2.24, 2.45) is 0 Å². The van der Waals surface area contributed by atoms with Crippen molar-refractivity contribution in [3.8, 4) is 17.0 Å². The van der Waals surface area contributed by atoms with E-state index in [0.29, 0.717) is 21.6 Å². The minimum atomic E-state index is -0.461. The standard InChI is InChI=1S/C18H15ClFN3O/c1-24-17-7-12-13(19)8-15(22-16(12)9-14(17)20)11-3-4-18(21-10-11)23-5-2-6-23/h3-4,7-10H,2,5-6H2,1H3. The van der Waals surface area contributed by atoms with Gasteiger partial charge in [0.2, 0.25) is 0 Å². The maximum atomic E-state index is 13.9. The minimum Gasteiger partial charge on any atom is -0.494 e. The first-order valence-electron chi connectivity index (χ1n) is 7.71. The number of rotatable bonds is 3. The molecule has 24 heavy (non-hydrogen) atoms. The van der Waals surface area contributed by atoms with Crippen LogP contribution in [0, 0.1) is 5.82 Å². The van der Waals surface area contributed by atoms with E-state index in [9.17, 15) is 4.39 Å². The van der Waals surface area contributed by atoms with Gasteiger partial charge >= 0.3 is 0 Å². The molecule has 1 saturated heterocycles. The molecule has 3 heterocycles. The monoisotopic (exact) mass is 343 g/mol. The number of ether oxygens (including phenoxy) is 1. The number of hydrogen-bond donors (Lipinski definition) is 0. The Labute approximate surface area is 143 Å². The Morgan fingerprint density at radius 2 is 2.04 bits per heavy atom. The molecule has 0 radical (unpaired) electrons. The minimum absolute atomic E-state index is 0.152. The molecule has 4 rings (SSSR count). The molecule has 0 unspecified atom stereocenters. The van der Waals surface area contributed by atoms with Gasteiger partial charge in [-0.15, -0.1) is 0 Å². The van der Waals surface area contributed by atoms with Crippen molar-refractivity contribution < 1.29 is 9.13 Å². The predicted octanol–water partition coefficient (Wildman–Crippen LogP) is 4.31. The average molecular weight is 344 g/mol. The number of anilines is 1. The molecule has 3 aromatic rings. The highest BCUT2D eigenvalue weighted by atomic mass is 35.5. The molecule has 0 N–H and O–H groups in total. The van der Waals surface area contributed by atoms with E-state index in [-0.39, 0.29) is 5.75 Å². The number of benzene rings is 1. The van der Waals surface area contributed by atoms with Crippen molar-refractivity contribution in [2.75, 3.05) is 25.1 Å². The number of fused-ring (bicyclic) bond motifs is 1. The number of pyridine rings is 2. The second-order valence-corrected chi connectivity index (χ2v) is 6.15. The third-order valence-corrected chi connectivity index (χ3v) is 4.57. The molecule has 0 atom stereocenters. The van der Waals surface area contributed by atoms with Crippen LogP contribution in [0.1, 0.15) is 6.42 Å². The largest absolute Gasteiger partial charge is 0.494 e. The average Bonchev–Trinajstić information content (AvgIpc) is 2.53. The van der Waals surface area contributed by atoms with E-state index in [1.807, 2.05) is 12.1 Å². The third kappa shape index (κ3) is 2.55. The lowest BCUT2D eigenvalue weighted by Gasteiger charge is -2.31. The van der Waals surface area contributed by atoms with Crippen LogP contribution >= 0.6 is 11.6 Å². The van der Waals surface area contributed by atoms with Gasteiger partial charge in [-0.3, -0.25) is 0 Å². The van der Waals surface area contributed by atoms with E-state index in [4.69, 9.17) is 16.3 Å². The van der Waals surface area contributed by atoms with Gasteiger partial charge in [-0.25, -0.2) is 14.4 Å². The van der Waals surface area contributed by atoms with Gasteiger partial charge in [-0.2, -0.15) is 0 Å². The fourth-order valence-corrected chi connectivity index (χ4v) is 3.02.